The maximum atomic E-state index is 11.3. The topological polar surface area (TPSA) is 17.1 Å². The number of rotatable bonds is 1. The van der Waals surface area contributed by atoms with E-state index >= 15 is 0 Å². The van der Waals surface area contributed by atoms with Crippen molar-refractivity contribution in [2.45, 2.75) is 69.2 Å². The maximum Gasteiger partial charge on any atom is 0.138 e. The Labute approximate surface area is 156 Å². The number of ketones is 1. The summed E-state index contributed by atoms with van der Waals surface area (Å²) in [5.41, 5.74) is 0. The van der Waals surface area contributed by atoms with E-state index in [1.807, 2.05) is 13.8 Å². The fourth-order valence-electron chi connectivity index (χ4n) is 3.15. The maximum absolute atomic E-state index is 11.3. The Morgan fingerprint density at radius 2 is 0.652 bits per heavy atom. The minimum absolute atomic E-state index is 0. The number of hydrogen-bond acceptors (Lipinski definition) is 1. The summed E-state index contributed by atoms with van der Waals surface area (Å²) < 4.78 is 0. The van der Waals surface area contributed by atoms with Crippen molar-refractivity contribution >= 4 is 5.78 Å². The molecule has 0 aromatic rings. The number of Topliss-reactive ketones (excluding diaryl/α,β-unsaturated/α-hetero) is 1. The molecule has 2 aliphatic carbocycles. The van der Waals surface area contributed by atoms with Gasteiger partial charge in [-0.05, 0) is 60.2 Å². The first-order chi connectivity index (χ1) is 10.0. The van der Waals surface area contributed by atoms with E-state index in [0.29, 0.717) is 0 Å². The van der Waals surface area contributed by atoms with E-state index < -0.39 is 0 Å². The summed E-state index contributed by atoms with van der Waals surface area (Å²) in [5, 5.41) is 0. The molecule has 0 amide bonds. The summed E-state index contributed by atoms with van der Waals surface area (Å²) in [6.45, 7) is 20.8. The zero-order valence-electron chi connectivity index (χ0n) is 16.3. The van der Waals surface area contributed by atoms with E-state index in [2.05, 4.69) is 48.5 Å². The third kappa shape index (κ3) is 4.63. The van der Waals surface area contributed by atoms with Crippen LogP contribution < -0.4 is 0 Å². The van der Waals surface area contributed by atoms with Crippen LogP contribution in [0.25, 0.3) is 0 Å². The largest absolute Gasteiger partial charge is 0.299 e. The molecule has 0 N–H and O–H groups in total. The molecule has 23 heavy (non-hydrogen) atoms. The normalized spacial score (nSPS) is 25.7. The molecule has 2 rings (SSSR count). The van der Waals surface area contributed by atoms with Crippen LogP contribution in [0.1, 0.15) is 69.2 Å². The standard InChI is InChI=1S/C11H15O.C10H15.Fe/c1-6-7(2)9(4)11(8(6)3)10(5)12;1-6-7(2)9(4)10(5)8(6)3;/h1-5H3;1-5H3;. The Bertz CT molecular complexity index is 321. The first-order valence-electron chi connectivity index (χ1n) is 7.95. The molecule has 0 bridgehead atoms. The predicted molar refractivity (Wildman–Crippen MR) is 94.2 cm³/mol. The molecule has 2 fully saturated rings. The fraction of sp³-hybridized carbons (Fsp3) is 0.476. The second kappa shape index (κ2) is 9.04. The quantitative estimate of drug-likeness (QED) is 0.568. The Balaban J connectivity index is 0.000000409. The molecule has 0 spiro atoms. The Morgan fingerprint density at radius 1 is 0.478 bits per heavy atom. The molecule has 0 unspecified atom stereocenters. The van der Waals surface area contributed by atoms with Crippen molar-refractivity contribution in [3.63, 3.8) is 0 Å². The Morgan fingerprint density at radius 3 is 0.783 bits per heavy atom. The molecular formula is C21H30FeO. The number of carbonyl (C=O) groups is 1. The summed E-state index contributed by atoms with van der Waals surface area (Å²) in [4.78, 5) is 11.3. The van der Waals surface area contributed by atoms with E-state index in [1.165, 1.54) is 41.4 Å². The molecule has 0 aliphatic heterocycles. The van der Waals surface area contributed by atoms with Gasteiger partial charge in [-0.3, -0.25) is 4.79 Å². The van der Waals surface area contributed by atoms with Crippen molar-refractivity contribution in [2.75, 3.05) is 0 Å². The smallest absolute Gasteiger partial charge is 0.138 e. The first-order valence-corrected chi connectivity index (χ1v) is 7.95. The molecule has 0 heterocycles. The van der Waals surface area contributed by atoms with Gasteiger partial charge in [-0.1, -0.05) is 62.3 Å². The van der Waals surface area contributed by atoms with E-state index in [-0.39, 0.29) is 22.9 Å². The van der Waals surface area contributed by atoms with Crippen LogP contribution in [0.5, 0.6) is 0 Å². The van der Waals surface area contributed by atoms with Gasteiger partial charge in [0.2, 0.25) is 0 Å². The van der Waals surface area contributed by atoms with E-state index in [1.54, 1.807) is 6.92 Å². The van der Waals surface area contributed by atoms with Crippen molar-refractivity contribution in [2.24, 2.45) is 0 Å². The molecule has 0 atom stereocenters. The Hall–Kier alpha value is 0.189. The van der Waals surface area contributed by atoms with Crippen LogP contribution in [0, 0.1) is 59.2 Å². The van der Waals surface area contributed by atoms with E-state index in [4.69, 9.17) is 0 Å². The van der Waals surface area contributed by atoms with Crippen molar-refractivity contribution < 1.29 is 21.9 Å². The molecular weight excluding hydrogens is 324 g/mol. The molecule has 0 aromatic heterocycles. The molecule has 2 heteroatoms. The predicted octanol–water partition coefficient (Wildman–Crippen LogP) is 5.51. The van der Waals surface area contributed by atoms with Gasteiger partial charge in [0.1, 0.15) is 5.78 Å². The van der Waals surface area contributed by atoms with Crippen LogP contribution >= 0.6 is 0 Å². The molecule has 10 radical (unpaired) electrons. The summed E-state index contributed by atoms with van der Waals surface area (Å²) in [5.74, 6) is 13.3. The molecule has 2 aliphatic rings. The number of hydrogen-bond donors (Lipinski definition) is 0. The van der Waals surface area contributed by atoms with E-state index in [9.17, 15) is 4.79 Å². The van der Waals surface area contributed by atoms with Crippen LogP contribution in [-0.2, 0) is 21.9 Å². The summed E-state index contributed by atoms with van der Waals surface area (Å²) in [6, 6.07) is 0. The van der Waals surface area contributed by atoms with Crippen molar-refractivity contribution in [3.05, 3.63) is 59.2 Å². The third-order valence-electron chi connectivity index (χ3n) is 5.60. The van der Waals surface area contributed by atoms with Crippen LogP contribution in [0.4, 0.5) is 0 Å². The monoisotopic (exact) mass is 354 g/mol. The van der Waals surface area contributed by atoms with Crippen LogP contribution in [-0.4, -0.2) is 5.78 Å². The van der Waals surface area contributed by atoms with Gasteiger partial charge in [-0.2, -0.15) is 0 Å². The second-order valence-corrected chi connectivity index (χ2v) is 6.56. The minimum Gasteiger partial charge on any atom is -0.299 e. The van der Waals surface area contributed by atoms with Crippen LogP contribution in [0.3, 0.4) is 0 Å². The van der Waals surface area contributed by atoms with Crippen molar-refractivity contribution in [1.82, 2.24) is 0 Å². The summed E-state index contributed by atoms with van der Waals surface area (Å²) in [6.07, 6.45) is 0. The molecule has 0 aromatic carbocycles. The van der Waals surface area contributed by atoms with E-state index in [0.717, 1.165) is 17.8 Å². The SMILES string of the molecule is C[C]1[C](C)[C](C)[C](C(C)=O)[C]1C.C[C]1[C](C)[C](C)[C](C)[C]1C.[Fe]. The van der Waals surface area contributed by atoms with Gasteiger partial charge in [0.25, 0.3) is 0 Å². The minimum atomic E-state index is 0. The van der Waals surface area contributed by atoms with Gasteiger partial charge in [0.15, 0.2) is 0 Å². The van der Waals surface area contributed by atoms with Crippen molar-refractivity contribution in [3.8, 4) is 0 Å². The van der Waals surface area contributed by atoms with Crippen LogP contribution in [0.15, 0.2) is 0 Å². The number of carbonyl (C=O) groups excluding carboxylic acids is 1. The van der Waals surface area contributed by atoms with Gasteiger partial charge < -0.3 is 0 Å². The second-order valence-electron chi connectivity index (χ2n) is 6.56. The van der Waals surface area contributed by atoms with Crippen LogP contribution in [0.2, 0.25) is 0 Å². The molecule has 2 saturated carbocycles. The summed E-state index contributed by atoms with van der Waals surface area (Å²) in [7, 11) is 0. The molecule has 1 nitrogen and oxygen atoms in total. The van der Waals surface area contributed by atoms with Gasteiger partial charge in [0, 0.05) is 17.1 Å². The van der Waals surface area contributed by atoms with Crippen molar-refractivity contribution in [1.29, 1.82) is 0 Å². The fourth-order valence-corrected chi connectivity index (χ4v) is 3.15. The Kier molecular flexibility index (Phi) is 9.12. The molecule has 128 valence electrons. The first kappa shape index (κ1) is 23.2. The summed E-state index contributed by atoms with van der Waals surface area (Å²) >= 11 is 0. The third-order valence-corrected chi connectivity index (χ3v) is 5.60. The van der Waals surface area contributed by atoms with Gasteiger partial charge in [-0.15, -0.1) is 0 Å². The van der Waals surface area contributed by atoms with Gasteiger partial charge >= 0.3 is 0 Å². The molecule has 0 saturated heterocycles. The average Bonchev–Trinajstić information content (AvgIpc) is 2.76. The van der Waals surface area contributed by atoms with Gasteiger partial charge in [-0.25, -0.2) is 0 Å². The zero-order chi connectivity index (χ0) is 17.4. The van der Waals surface area contributed by atoms with Gasteiger partial charge in [0.05, 0.1) is 5.92 Å². The zero-order valence-corrected chi connectivity index (χ0v) is 17.4. The average molecular weight is 354 g/mol.